The molecule has 0 aliphatic rings. The Balaban J connectivity index is 2.42. The SMILES string of the molecule is CC(O)(CNC(=O)CSCC(F)(F)F)c1ccc(F)cc1. The zero-order chi connectivity index (χ0) is 16.1. The molecule has 0 bridgehead atoms. The molecule has 1 aromatic carbocycles. The standard InChI is InChI=1S/C13H15F4NO2S/c1-12(20,9-2-4-10(14)5-3-9)7-18-11(19)6-21-8-13(15,16)17/h2-5,20H,6-8H2,1H3,(H,18,19). The summed E-state index contributed by atoms with van der Waals surface area (Å²) in [5.74, 6) is -2.51. The molecule has 0 saturated carbocycles. The van der Waals surface area contributed by atoms with Crippen LogP contribution < -0.4 is 5.32 Å². The van der Waals surface area contributed by atoms with E-state index in [0.717, 1.165) is 0 Å². The van der Waals surface area contributed by atoms with Crippen LogP contribution in [0.2, 0.25) is 0 Å². The molecule has 1 amide bonds. The van der Waals surface area contributed by atoms with Crippen LogP contribution in [0.15, 0.2) is 24.3 Å². The lowest BCUT2D eigenvalue weighted by molar-refractivity contribution is -0.119. The number of amides is 1. The highest BCUT2D eigenvalue weighted by Gasteiger charge is 2.28. The van der Waals surface area contributed by atoms with Gasteiger partial charge < -0.3 is 10.4 Å². The molecule has 1 atom stereocenters. The Kier molecular flexibility index (Phi) is 6.03. The fourth-order valence-electron chi connectivity index (χ4n) is 1.49. The molecule has 1 unspecified atom stereocenters. The maximum Gasteiger partial charge on any atom is 0.397 e. The van der Waals surface area contributed by atoms with Crippen LogP contribution in [0.25, 0.3) is 0 Å². The number of carbonyl (C=O) groups is 1. The van der Waals surface area contributed by atoms with Gasteiger partial charge in [-0.3, -0.25) is 4.79 Å². The first-order valence-corrected chi connectivity index (χ1v) is 7.15. The van der Waals surface area contributed by atoms with E-state index < -0.39 is 29.3 Å². The summed E-state index contributed by atoms with van der Waals surface area (Å²) in [4.78, 5) is 11.4. The molecule has 2 N–H and O–H groups in total. The van der Waals surface area contributed by atoms with Crippen molar-refractivity contribution in [3.05, 3.63) is 35.6 Å². The fourth-order valence-corrected chi connectivity index (χ4v) is 2.11. The molecule has 21 heavy (non-hydrogen) atoms. The molecule has 1 rings (SSSR count). The second-order valence-electron chi connectivity index (χ2n) is 4.67. The average molecular weight is 325 g/mol. The number of halogens is 4. The van der Waals surface area contributed by atoms with E-state index in [1.807, 2.05) is 0 Å². The maximum absolute atomic E-state index is 12.8. The van der Waals surface area contributed by atoms with E-state index in [1.165, 1.54) is 31.2 Å². The molecular weight excluding hydrogens is 310 g/mol. The first-order valence-electron chi connectivity index (χ1n) is 6.00. The van der Waals surface area contributed by atoms with Gasteiger partial charge in [0.2, 0.25) is 5.91 Å². The van der Waals surface area contributed by atoms with E-state index in [2.05, 4.69) is 5.32 Å². The summed E-state index contributed by atoms with van der Waals surface area (Å²) in [6, 6.07) is 5.09. The Labute approximate surface area is 123 Å². The summed E-state index contributed by atoms with van der Waals surface area (Å²) in [6.45, 7) is 1.24. The van der Waals surface area contributed by atoms with Crippen LogP contribution in [-0.2, 0) is 10.4 Å². The summed E-state index contributed by atoms with van der Waals surface area (Å²) < 4.78 is 48.5. The van der Waals surface area contributed by atoms with E-state index in [1.54, 1.807) is 0 Å². The van der Waals surface area contributed by atoms with E-state index in [4.69, 9.17) is 0 Å². The molecule has 8 heteroatoms. The Morgan fingerprint density at radius 1 is 1.29 bits per heavy atom. The van der Waals surface area contributed by atoms with E-state index in [-0.39, 0.29) is 12.3 Å². The number of nitrogens with one attached hydrogen (secondary N) is 1. The lowest BCUT2D eigenvalue weighted by Gasteiger charge is -2.24. The van der Waals surface area contributed by atoms with Crippen molar-refractivity contribution in [2.24, 2.45) is 0 Å². The van der Waals surface area contributed by atoms with E-state index in [9.17, 15) is 27.5 Å². The summed E-state index contributed by atoms with van der Waals surface area (Å²) in [5.41, 5.74) is -1.04. The van der Waals surface area contributed by atoms with Gasteiger partial charge in [0.05, 0.1) is 18.1 Å². The van der Waals surface area contributed by atoms with Crippen molar-refractivity contribution in [3.8, 4) is 0 Å². The van der Waals surface area contributed by atoms with Crippen LogP contribution in [0, 0.1) is 5.82 Å². The molecule has 0 fully saturated rings. The number of aliphatic hydroxyl groups is 1. The second kappa shape index (κ2) is 7.13. The van der Waals surface area contributed by atoms with Gasteiger partial charge >= 0.3 is 6.18 Å². The number of carbonyl (C=O) groups excluding carboxylic acids is 1. The first kappa shape index (κ1) is 17.8. The Morgan fingerprint density at radius 3 is 2.38 bits per heavy atom. The molecule has 0 spiro atoms. The second-order valence-corrected chi connectivity index (χ2v) is 5.65. The van der Waals surface area contributed by atoms with Crippen molar-refractivity contribution in [3.63, 3.8) is 0 Å². The molecule has 0 saturated heterocycles. The van der Waals surface area contributed by atoms with Crippen LogP contribution in [0.1, 0.15) is 12.5 Å². The Hall–Kier alpha value is -1.28. The smallest absolute Gasteiger partial charge is 0.384 e. The summed E-state index contributed by atoms with van der Waals surface area (Å²) in [5, 5.41) is 12.5. The lowest BCUT2D eigenvalue weighted by Crippen LogP contribution is -2.39. The third-order valence-electron chi connectivity index (χ3n) is 2.59. The van der Waals surface area contributed by atoms with Gasteiger partial charge in [0, 0.05) is 0 Å². The number of benzene rings is 1. The normalized spacial score (nSPS) is 14.6. The topological polar surface area (TPSA) is 49.3 Å². The van der Waals surface area contributed by atoms with Gasteiger partial charge in [-0.05, 0) is 24.6 Å². The number of hydrogen-bond donors (Lipinski definition) is 2. The van der Waals surface area contributed by atoms with Gasteiger partial charge in [0.15, 0.2) is 0 Å². The molecule has 0 radical (unpaired) electrons. The van der Waals surface area contributed by atoms with Crippen LogP contribution in [-0.4, -0.2) is 35.2 Å². The van der Waals surface area contributed by atoms with Crippen molar-refractivity contribution in [2.45, 2.75) is 18.7 Å². The summed E-state index contributed by atoms with van der Waals surface area (Å²) >= 11 is 0.448. The van der Waals surface area contributed by atoms with Crippen molar-refractivity contribution < 1.29 is 27.5 Å². The van der Waals surface area contributed by atoms with Crippen molar-refractivity contribution >= 4 is 17.7 Å². The van der Waals surface area contributed by atoms with Gasteiger partial charge in [0.1, 0.15) is 11.4 Å². The van der Waals surface area contributed by atoms with Crippen LogP contribution in [0.4, 0.5) is 17.6 Å². The number of alkyl halides is 3. The third kappa shape index (κ3) is 6.81. The number of hydrogen-bond acceptors (Lipinski definition) is 3. The number of rotatable bonds is 6. The molecular formula is C13H15F4NO2S. The van der Waals surface area contributed by atoms with Crippen molar-refractivity contribution in [2.75, 3.05) is 18.1 Å². The van der Waals surface area contributed by atoms with Gasteiger partial charge in [-0.2, -0.15) is 13.2 Å². The van der Waals surface area contributed by atoms with Gasteiger partial charge in [-0.15, -0.1) is 11.8 Å². The minimum atomic E-state index is -4.31. The Morgan fingerprint density at radius 2 is 1.86 bits per heavy atom. The molecule has 118 valence electrons. The van der Waals surface area contributed by atoms with Crippen LogP contribution in [0.3, 0.4) is 0 Å². The molecule has 0 aromatic heterocycles. The highest BCUT2D eigenvalue weighted by molar-refractivity contribution is 8.00. The molecule has 0 aliphatic carbocycles. The first-order chi connectivity index (χ1) is 9.60. The van der Waals surface area contributed by atoms with Gasteiger partial charge in [-0.25, -0.2) is 4.39 Å². The Bertz CT molecular complexity index is 474. The minimum absolute atomic E-state index is 0.177. The maximum atomic E-state index is 12.8. The van der Waals surface area contributed by atoms with Crippen molar-refractivity contribution in [1.82, 2.24) is 5.32 Å². The molecule has 0 heterocycles. The minimum Gasteiger partial charge on any atom is -0.384 e. The molecule has 3 nitrogen and oxygen atoms in total. The van der Waals surface area contributed by atoms with Crippen LogP contribution >= 0.6 is 11.8 Å². The van der Waals surface area contributed by atoms with E-state index in [0.29, 0.717) is 17.3 Å². The van der Waals surface area contributed by atoms with Crippen molar-refractivity contribution in [1.29, 1.82) is 0 Å². The van der Waals surface area contributed by atoms with Gasteiger partial charge in [0.25, 0.3) is 0 Å². The van der Waals surface area contributed by atoms with Gasteiger partial charge in [-0.1, -0.05) is 12.1 Å². The zero-order valence-electron chi connectivity index (χ0n) is 11.2. The molecule has 0 aliphatic heterocycles. The average Bonchev–Trinajstić information content (AvgIpc) is 2.35. The largest absolute Gasteiger partial charge is 0.397 e. The number of thioether (sulfide) groups is 1. The monoisotopic (exact) mass is 325 g/mol. The summed E-state index contributed by atoms with van der Waals surface area (Å²) in [6.07, 6.45) is -4.31. The predicted molar refractivity (Wildman–Crippen MR) is 72.4 cm³/mol. The lowest BCUT2D eigenvalue weighted by atomic mass is 9.96. The quantitative estimate of drug-likeness (QED) is 0.790. The summed E-state index contributed by atoms with van der Waals surface area (Å²) in [7, 11) is 0. The third-order valence-corrected chi connectivity index (χ3v) is 3.59. The fraction of sp³-hybridized carbons (Fsp3) is 0.462. The van der Waals surface area contributed by atoms with E-state index >= 15 is 0 Å². The predicted octanol–water partition coefficient (Wildman–Crippen LogP) is 2.44. The zero-order valence-corrected chi connectivity index (χ0v) is 12.0. The highest BCUT2D eigenvalue weighted by Crippen LogP contribution is 2.21. The van der Waals surface area contributed by atoms with Crippen LogP contribution in [0.5, 0.6) is 0 Å². The highest BCUT2D eigenvalue weighted by atomic mass is 32.2. The molecule has 1 aromatic rings.